The summed E-state index contributed by atoms with van der Waals surface area (Å²) in [7, 11) is 0. The third-order valence-corrected chi connectivity index (χ3v) is 6.02. The van der Waals surface area contributed by atoms with E-state index in [9.17, 15) is 22.8 Å². The number of rotatable bonds is 5. The number of hydrogen-bond donors (Lipinski definition) is 2. The number of halogens is 3. The molecule has 3 aromatic rings. The van der Waals surface area contributed by atoms with Crippen LogP contribution in [0.15, 0.2) is 48.5 Å². The molecule has 0 saturated carbocycles. The van der Waals surface area contributed by atoms with Crippen molar-refractivity contribution in [3.05, 3.63) is 59.8 Å². The smallest absolute Gasteiger partial charge is 0.416 e. The van der Waals surface area contributed by atoms with Crippen LogP contribution in [0.25, 0.3) is 11.4 Å². The lowest BCUT2D eigenvalue weighted by Gasteiger charge is -2.24. The van der Waals surface area contributed by atoms with Gasteiger partial charge in [0.1, 0.15) is 11.4 Å². The highest BCUT2D eigenvalue weighted by Gasteiger charge is 2.31. The van der Waals surface area contributed by atoms with E-state index in [1.54, 1.807) is 18.2 Å². The standard InChI is InChI=1S/C25H22F3N5O4/c26-25(27,28)15-3-5-16(6-4-15)33-10-1-11-36-20-12-14(2-7-18(20)33)23-31-17(22(29)34)13-21(32-23)37-19-8-9-30-24(19)35/h2-7,12-13,19H,1,8-11H2,(H2,29,34)(H,30,35). The second-order valence-electron chi connectivity index (χ2n) is 8.55. The predicted molar refractivity (Wildman–Crippen MR) is 127 cm³/mol. The van der Waals surface area contributed by atoms with Crippen molar-refractivity contribution in [2.24, 2.45) is 5.73 Å². The van der Waals surface area contributed by atoms with Crippen LogP contribution >= 0.6 is 0 Å². The Labute approximate surface area is 209 Å². The van der Waals surface area contributed by atoms with Gasteiger partial charge in [-0.05, 0) is 48.9 Å². The highest BCUT2D eigenvalue weighted by Crippen LogP contribution is 2.39. The lowest BCUT2D eigenvalue weighted by molar-refractivity contribution is -0.137. The van der Waals surface area contributed by atoms with Crippen LogP contribution in [0.1, 0.15) is 28.9 Å². The van der Waals surface area contributed by atoms with Gasteiger partial charge in [0.15, 0.2) is 11.9 Å². The molecule has 1 fully saturated rings. The minimum absolute atomic E-state index is 0.0306. The quantitative estimate of drug-likeness (QED) is 0.536. The third kappa shape index (κ3) is 5.13. The van der Waals surface area contributed by atoms with Crippen molar-refractivity contribution >= 4 is 23.2 Å². The number of anilines is 2. The molecule has 1 atom stereocenters. The lowest BCUT2D eigenvalue weighted by Crippen LogP contribution is -2.28. The summed E-state index contributed by atoms with van der Waals surface area (Å²) in [6.45, 7) is 1.40. The number of ether oxygens (including phenoxy) is 2. The Kier molecular flexibility index (Phi) is 6.32. The third-order valence-electron chi connectivity index (χ3n) is 6.02. The number of benzene rings is 2. The Morgan fingerprint density at radius 1 is 1.14 bits per heavy atom. The van der Waals surface area contributed by atoms with Crippen LogP contribution in [-0.4, -0.2) is 47.6 Å². The summed E-state index contributed by atoms with van der Waals surface area (Å²) in [6, 6.07) is 11.4. The minimum atomic E-state index is -4.42. The first kappa shape index (κ1) is 24.3. The topological polar surface area (TPSA) is 120 Å². The highest BCUT2D eigenvalue weighted by molar-refractivity contribution is 5.91. The van der Waals surface area contributed by atoms with Crippen LogP contribution in [0.3, 0.4) is 0 Å². The van der Waals surface area contributed by atoms with E-state index in [2.05, 4.69) is 15.3 Å². The zero-order valence-electron chi connectivity index (χ0n) is 19.4. The van der Waals surface area contributed by atoms with Gasteiger partial charge in [-0.15, -0.1) is 0 Å². The molecule has 1 unspecified atom stereocenters. The molecule has 2 aliphatic rings. The number of nitrogens with zero attached hydrogens (tertiary/aromatic N) is 3. The fraction of sp³-hybridized carbons (Fsp3) is 0.280. The van der Waals surface area contributed by atoms with Crippen LogP contribution in [-0.2, 0) is 11.0 Å². The SMILES string of the molecule is NC(=O)c1cc(OC2CCNC2=O)nc(-c2ccc3c(c2)OCCCN3c2ccc(C(F)(F)F)cc2)n1. The number of carbonyl (C=O) groups excluding carboxylic acids is 2. The number of nitrogens with one attached hydrogen (secondary N) is 1. The van der Waals surface area contributed by atoms with Crippen LogP contribution in [0.4, 0.5) is 24.5 Å². The van der Waals surface area contributed by atoms with Crippen molar-refractivity contribution in [1.82, 2.24) is 15.3 Å². The van der Waals surface area contributed by atoms with E-state index in [-0.39, 0.29) is 23.3 Å². The van der Waals surface area contributed by atoms with Crippen molar-refractivity contribution in [2.75, 3.05) is 24.6 Å². The second kappa shape index (κ2) is 9.60. The summed E-state index contributed by atoms with van der Waals surface area (Å²) in [6.07, 6.45) is -4.07. The average molecular weight is 513 g/mol. The Morgan fingerprint density at radius 3 is 2.59 bits per heavy atom. The molecule has 0 aliphatic carbocycles. The Hall–Kier alpha value is -4.35. The molecule has 192 valence electrons. The summed E-state index contributed by atoms with van der Waals surface area (Å²) >= 11 is 0. The fourth-order valence-corrected chi connectivity index (χ4v) is 4.19. The summed E-state index contributed by atoms with van der Waals surface area (Å²) in [5.41, 5.74) is 6.39. The molecule has 3 heterocycles. The predicted octanol–water partition coefficient (Wildman–Crippen LogP) is 3.45. The Bertz CT molecular complexity index is 1350. The van der Waals surface area contributed by atoms with E-state index in [1.165, 1.54) is 18.2 Å². The molecule has 1 aromatic heterocycles. The van der Waals surface area contributed by atoms with Gasteiger partial charge in [-0.25, -0.2) is 4.98 Å². The van der Waals surface area contributed by atoms with Crippen LogP contribution < -0.4 is 25.4 Å². The number of nitrogens with two attached hydrogens (primary N) is 1. The molecule has 0 spiro atoms. The van der Waals surface area contributed by atoms with Crippen LogP contribution in [0.2, 0.25) is 0 Å². The lowest BCUT2D eigenvalue weighted by atomic mass is 10.1. The molecule has 1 saturated heterocycles. The van der Waals surface area contributed by atoms with Gasteiger partial charge in [0.05, 0.1) is 17.9 Å². The van der Waals surface area contributed by atoms with E-state index in [4.69, 9.17) is 15.2 Å². The van der Waals surface area contributed by atoms with Gasteiger partial charge in [0.2, 0.25) is 5.88 Å². The number of fused-ring (bicyclic) bond motifs is 1. The van der Waals surface area contributed by atoms with Crippen molar-refractivity contribution in [2.45, 2.75) is 25.1 Å². The molecule has 2 amide bonds. The summed E-state index contributed by atoms with van der Waals surface area (Å²) in [5, 5.41) is 2.67. The second-order valence-corrected chi connectivity index (χ2v) is 8.55. The number of amides is 2. The first-order valence-electron chi connectivity index (χ1n) is 11.5. The van der Waals surface area contributed by atoms with Gasteiger partial charge in [0.25, 0.3) is 11.8 Å². The summed E-state index contributed by atoms with van der Waals surface area (Å²) in [5.74, 6) is -0.420. The molecular weight excluding hydrogens is 491 g/mol. The van der Waals surface area contributed by atoms with Gasteiger partial charge in [-0.3, -0.25) is 9.59 Å². The van der Waals surface area contributed by atoms with E-state index in [1.807, 2.05) is 4.90 Å². The Morgan fingerprint density at radius 2 is 1.92 bits per heavy atom. The zero-order valence-corrected chi connectivity index (χ0v) is 19.4. The van der Waals surface area contributed by atoms with Gasteiger partial charge >= 0.3 is 6.18 Å². The number of aromatic nitrogens is 2. The summed E-state index contributed by atoms with van der Waals surface area (Å²) in [4.78, 5) is 34.3. The van der Waals surface area contributed by atoms with Crippen LogP contribution in [0, 0.1) is 0 Å². The molecule has 12 heteroatoms. The van der Waals surface area contributed by atoms with Crippen molar-refractivity contribution in [1.29, 1.82) is 0 Å². The van der Waals surface area contributed by atoms with Gasteiger partial charge in [-0.1, -0.05) is 0 Å². The normalized spacial score (nSPS) is 17.4. The number of hydrogen-bond acceptors (Lipinski definition) is 7. The van der Waals surface area contributed by atoms with Gasteiger partial charge in [-0.2, -0.15) is 18.2 Å². The fourth-order valence-electron chi connectivity index (χ4n) is 4.19. The number of alkyl halides is 3. The average Bonchev–Trinajstić information content (AvgIpc) is 3.15. The molecule has 2 aliphatic heterocycles. The number of primary amides is 1. The van der Waals surface area contributed by atoms with Gasteiger partial charge in [0, 0.05) is 36.8 Å². The maximum Gasteiger partial charge on any atom is 0.416 e. The molecule has 37 heavy (non-hydrogen) atoms. The molecular formula is C25H22F3N5O4. The van der Waals surface area contributed by atoms with Crippen molar-refractivity contribution in [3.63, 3.8) is 0 Å². The first-order valence-corrected chi connectivity index (χ1v) is 11.5. The van der Waals surface area contributed by atoms with Crippen molar-refractivity contribution < 1.29 is 32.2 Å². The highest BCUT2D eigenvalue weighted by atomic mass is 19.4. The molecule has 9 nitrogen and oxygen atoms in total. The molecule has 3 N–H and O–H groups in total. The minimum Gasteiger partial charge on any atom is -0.491 e. The first-order chi connectivity index (χ1) is 17.7. The van der Waals surface area contributed by atoms with Gasteiger partial charge < -0.3 is 25.4 Å². The zero-order chi connectivity index (χ0) is 26.2. The summed E-state index contributed by atoms with van der Waals surface area (Å²) < 4.78 is 50.6. The maximum atomic E-state index is 13.0. The molecule has 0 radical (unpaired) electrons. The van der Waals surface area contributed by atoms with E-state index < -0.39 is 23.8 Å². The largest absolute Gasteiger partial charge is 0.491 e. The molecule has 2 aromatic carbocycles. The van der Waals surface area contributed by atoms with E-state index >= 15 is 0 Å². The monoisotopic (exact) mass is 513 g/mol. The maximum absolute atomic E-state index is 13.0. The van der Waals surface area contributed by atoms with Crippen molar-refractivity contribution in [3.8, 4) is 23.0 Å². The van der Waals surface area contributed by atoms with E-state index in [0.29, 0.717) is 55.2 Å². The van der Waals surface area contributed by atoms with E-state index in [0.717, 1.165) is 12.1 Å². The molecule has 5 rings (SSSR count). The number of carbonyl (C=O) groups is 2. The molecule has 0 bridgehead atoms. The van der Waals surface area contributed by atoms with Crippen LogP contribution in [0.5, 0.6) is 11.6 Å². The Balaban J connectivity index is 1.49.